The second-order valence-corrected chi connectivity index (χ2v) is 5.21. The van der Waals surface area contributed by atoms with Gasteiger partial charge in [0.1, 0.15) is 0 Å². The van der Waals surface area contributed by atoms with Gasteiger partial charge in [-0.2, -0.15) is 5.10 Å². The third kappa shape index (κ3) is 2.00. The van der Waals surface area contributed by atoms with Crippen LogP contribution in [0.25, 0.3) is 0 Å². The normalized spacial score (nSPS) is 21.5. The highest BCUT2D eigenvalue weighted by Gasteiger charge is 2.24. The van der Waals surface area contributed by atoms with Crippen molar-refractivity contribution < 1.29 is 0 Å². The van der Waals surface area contributed by atoms with Gasteiger partial charge in [0.05, 0.1) is 17.4 Å². The molecule has 1 aliphatic carbocycles. The monoisotopic (exact) mass is 234 g/mol. The van der Waals surface area contributed by atoms with Crippen LogP contribution in [0.3, 0.4) is 0 Å². The second kappa shape index (κ2) is 4.78. The van der Waals surface area contributed by atoms with E-state index in [0.29, 0.717) is 12.6 Å². The van der Waals surface area contributed by atoms with Crippen LogP contribution >= 0.6 is 0 Å². The van der Waals surface area contributed by atoms with Crippen molar-refractivity contribution in [2.75, 3.05) is 13.1 Å². The number of hydrogen-bond acceptors (Lipinski definition) is 3. The van der Waals surface area contributed by atoms with Crippen LogP contribution in [0.1, 0.15) is 48.7 Å². The minimum Gasteiger partial charge on any atom is -0.325 e. The molecule has 3 rings (SSSR count). The lowest BCUT2D eigenvalue weighted by molar-refractivity contribution is 0.334. The maximum Gasteiger partial charge on any atom is 0.0660 e. The molecule has 1 saturated heterocycles. The van der Waals surface area contributed by atoms with Crippen molar-refractivity contribution in [2.45, 2.75) is 51.1 Å². The van der Waals surface area contributed by atoms with Gasteiger partial charge in [-0.05, 0) is 57.2 Å². The van der Waals surface area contributed by atoms with E-state index in [2.05, 4.69) is 10.00 Å². The van der Waals surface area contributed by atoms with Crippen LogP contribution in [0, 0.1) is 0 Å². The third-order valence-electron chi connectivity index (χ3n) is 4.14. The standard InChI is InChI=1S/C13H22N4/c14-9-13-11-3-1-2-4-12(11)16-17(13)10-5-7-15-8-6-10/h10,15H,1-9,14H2. The maximum atomic E-state index is 5.95. The van der Waals surface area contributed by atoms with E-state index in [4.69, 9.17) is 10.8 Å². The van der Waals surface area contributed by atoms with Crippen LogP contribution < -0.4 is 11.1 Å². The fraction of sp³-hybridized carbons (Fsp3) is 0.769. The van der Waals surface area contributed by atoms with Gasteiger partial charge >= 0.3 is 0 Å². The fourth-order valence-electron chi connectivity index (χ4n) is 3.21. The lowest BCUT2D eigenvalue weighted by atomic mass is 9.95. The zero-order chi connectivity index (χ0) is 11.7. The number of aromatic nitrogens is 2. The van der Waals surface area contributed by atoms with Crippen molar-refractivity contribution in [2.24, 2.45) is 5.73 Å². The molecule has 0 aromatic carbocycles. The van der Waals surface area contributed by atoms with Gasteiger partial charge in [0.2, 0.25) is 0 Å². The van der Waals surface area contributed by atoms with E-state index >= 15 is 0 Å². The number of fused-ring (bicyclic) bond motifs is 1. The minimum absolute atomic E-state index is 0.570. The first-order valence-corrected chi connectivity index (χ1v) is 6.90. The van der Waals surface area contributed by atoms with E-state index in [1.54, 1.807) is 0 Å². The minimum atomic E-state index is 0.570. The molecule has 4 heteroatoms. The Bertz CT molecular complexity index is 390. The summed E-state index contributed by atoms with van der Waals surface area (Å²) in [7, 11) is 0. The largest absolute Gasteiger partial charge is 0.325 e. The maximum absolute atomic E-state index is 5.95. The van der Waals surface area contributed by atoms with Crippen LogP contribution in [0.4, 0.5) is 0 Å². The Morgan fingerprint density at radius 2 is 2.00 bits per heavy atom. The van der Waals surface area contributed by atoms with E-state index in [-0.39, 0.29) is 0 Å². The van der Waals surface area contributed by atoms with E-state index in [9.17, 15) is 0 Å². The van der Waals surface area contributed by atoms with Crippen LogP contribution in [-0.2, 0) is 19.4 Å². The van der Waals surface area contributed by atoms with Gasteiger partial charge in [0.15, 0.2) is 0 Å². The summed E-state index contributed by atoms with van der Waals surface area (Å²) in [5.74, 6) is 0. The first-order valence-electron chi connectivity index (χ1n) is 6.90. The van der Waals surface area contributed by atoms with Gasteiger partial charge in [-0.25, -0.2) is 0 Å². The molecule has 0 saturated carbocycles. The van der Waals surface area contributed by atoms with E-state index in [1.807, 2.05) is 0 Å². The van der Waals surface area contributed by atoms with Crippen molar-refractivity contribution in [3.05, 3.63) is 17.0 Å². The molecule has 0 spiro atoms. The summed E-state index contributed by atoms with van der Waals surface area (Å²) in [4.78, 5) is 0. The summed E-state index contributed by atoms with van der Waals surface area (Å²) in [6.45, 7) is 2.87. The predicted molar refractivity (Wildman–Crippen MR) is 67.9 cm³/mol. The zero-order valence-electron chi connectivity index (χ0n) is 10.4. The predicted octanol–water partition coefficient (Wildman–Crippen LogP) is 1.15. The summed E-state index contributed by atoms with van der Waals surface area (Å²) in [6, 6.07) is 0.570. The Labute approximate surface area is 103 Å². The van der Waals surface area contributed by atoms with Crippen LogP contribution in [-0.4, -0.2) is 22.9 Å². The lowest BCUT2D eigenvalue weighted by Gasteiger charge is -2.24. The molecule has 4 nitrogen and oxygen atoms in total. The molecule has 2 heterocycles. The molecule has 0 bridgehead atoms. The highest BCUT2D eigenvalue weighted by Crippen LogP contribution is 2.28. The Kier molecular flexibility index (Phi) is 3.16. The third-order valence-corrected chi connectivity index (χ3v) is 4.14. The molecule has 2 aliphatic rings. The molecule has 0 amide bonds. The van der Waals surface area contributed by atoms with Crippen molar-refractivity contribution in [3.63, 3.8) is 0 Å². The van der Waals surface area contributed by atoms with Crippen molar-refractivity contribution >= 4 is 0 Å². The molecular formula is C13H22N4. The molecule has 0 radical (unpaired) electrons. The molecule has 1 aromatic heterocycles. The smallest absolute Gasteiger partial charge is 0.0660 e. The average molecular weight is 234 g/mol. The summed E-state index contributed by atoms with van der Waals surface area (Å²) >= 11 is 0. The molecule has 1 aliphatic heterocycles. The Hall–Kier alpha value is -0.870. The van der Waals surface area contributed by atoms with Gasteiger partial charge in [0.25, 0.3) is 0 Å². The number of nitrogens with zero attached hydrogens (tertiary/aromatic N) is 2. The van der Waals surface area contributed by atoms with Crippen LogP contribution in [0.15, 0.2) is 0 Å². The number of nitrogens with one attached hydrogen (secondary N) is 1. The number of hydrogen-bond donors (Lipinski definition) is 2. The zero-order valence-corrected chi connectivity index (χ0v) is 10.4. The second-order valence-electron chi connectivity index (χ2n) is 5.21. The summed E-state index contributed by atoms with van der Waals surface area (Å²) in [6.07, 6.45) is 7.31. The number of nitrogens with two attached hydrogens (primary N) is 1. The molecule has 94 valence electrons. The molecular weight excluding hydrogens is 212 g/mol. The Morgan fingerprint density at radius 3 is 2.76 bits per heavy atom. The highest BCUT2D eigenvalue weighted by atomic mass is 15.3. The molecule has 1 fully saturated rings. The Morgan fingerprint density at radius 1 is 1.24 bits per heavy atom. The van der Waals surface area contributed by atoms with Crippen molar-refractivity contribution in [1.82, 2.24) is 15.1 Å². The van der Waals surface area contributed by atoms with Crippen LogP contribution in [0.2, 0.25) is 0 Å². The molecule has 0 atom stereocenters. The molecule has 0 unspecified atom stereocenters. The highest BCUT2D eigenvalue weighted by molar-refractivity contribution is 5.29. The van der Waals surface area contributed by atoms with Crippen molar-refractivity contribution in [1.29, 1.82) is 0 Å². The van der Waals surface area contributed by atoms with Gasteiger partial charge < -0.3 is 11.1 Å². The quantitative estimate of drug-likeness (QED) is 0.807. The van der Waals surface area contributed by atoms with Crippen LogP contribution in [0.5, 0.6) is 0 Å². The summed E-state index contributed by atoms with van der Waals surface area (Å²) in [5, 5.41) is 8.27. The van der Waals surface area contributed by atoms with E-state index < -0.39 is 0 Å². The van der Waals surface area contributed by atoms with E-state index in [1.165, 1.54) is 49.1 Å². The first kappa shape index (κ1) is 11.2. The van der Waals surface area contributed by atoms with Gasteiger partial charge in [-0.1, -0.05) is 0 Å². The van der Waals surface area contributed by atoms with Crippen molar-refractivity contribution in [3.8, 4) is 0 Å². The molecule has 3 N–H and O–H groups in total. The first-order chi connectivity index (χ1) is 8.40. The number of piperidine rings is 1. The fourth-order valence-corrected chi connectivity index (χ4v) is 3.21. The van der Waals surface area contributed by atoms with Gasteiger partial charge in [0, 0.05) is 6.54 Å². The molecule has 17 heavy (non-hydrogen) atoms. The Balaban J connectivity index is 1.94. The molecule has 1 aromatic rings. The average Bonchev–Trinajstić information content (AvgIpc) is 2.78. The van der Waals surface area contributed by atoms with Gasteiger partial charge in [-0.15, -0.1) is 0 Å². The summed E-state index contributed by atoms with van der Waals surface area (Å²) in [5.41, 5.74) is 10.1. The number of rotatable bonds is 2. The number of aryl methyl sites for hydroxylation is 1. The SMILES string of the molecule is NCc1c2c(nn1C1CCNCC1)CCCC2. The lowest BCUT2D eigenvalue weighted by Crippen LogP contribution is -2.31. The summed E-state index contributed by atoms with van der Waals surface area (Å²) < 4.78 is 2.26. The van der Waals surface area contributed by atoms with Gasteiger partial charge in [-0.3, -0.25) is 4.68 Å². The van der Waals surface area contributed by atoms with E-state index in [0.717, 1.165) is 19.5 Å². The topological polar surface area (TPSA) is 55.9 Å².